The molecule has 0 radical (unpaired) electrons. The van der Waals surface area contributed by atoms with E-state index in [-0.39, 0.29) is 5.41 Å². The molecular weight excluding hydrogens is 270 g/mol. The summed E-state index contributed by atoms with van der Waals surface area (Å²) in [5.74, 6) is 5.92. The Morgan fingerprint density at radius 2 is 1.64 bits per heavy atom. The molecule has 116 valence electrons. The zero-order valence-electron chi connectivity index (χ0n) is 13.3. The number of hydrazine groups is 1. The highest BCUT2D eigenvalue weighted by molar-refractivity contribution is 5.65. The van der Waals surface area contributed by atoms with Gasteiger partial charge in [-0.1, -0.05) is 54.1 Å². The summed E-state index contributed by atoms with van der Waals surface area (Å²) >= 11 is 0. The lowest BCUT2D eigenvalue weighted by Crippen LogP contribution is -2.49. The van der Waals surface area contributed by atoms with Crippen molar-refractivity contribution in [3.63, 3.8) is 0 Å². The van der Waals surface area contributed by atoms with Crippen LogP contribution < -0.4 is 11.6 Å². The molecule has 3 heteroatoms. The van der Waals surface area contributed by atoms with Crippen LogP contribution >= 0.6 is 0 Å². The topological polar surface area (TPSA) is 55.3 Å². The van der Waals surface area contributed by atoms with Crippen LogP contribution in [0.4, 0.5) is 0 Å². The van der Waals surface area contributed by atoms with Crippen LogP contribution in [0.5, 0.6) is 0 Å². The monoisotopic (exact) mass is 295 g/mol. The van der Waals surface area contributed by atoms with E-state index in [4.69, 9.17) is 11.6 Å². The molecular formula is C19H25N3. The van der Waals surface area contributed by atoms with E-state index in [2.05, 4.69) is 55.5 Å². The predicted octanol–water partition coefficient (Wildman–Crippen LogP) is 2.83. The van der Waals surface area contributed by atoms with Crippen molar-refractivity contribution in [3.8, 4) is 11.1 Å². The van der Waals surface area contributed by atoms with E-state index in [0.717, 1.165) is 25.9 Å². The van der Waals surface area contributed by atoms with Crippen molar-refractivity contribution in [1.29, 1.82) is 0 Å². The number of hydrogen-bond acceptors (Lipinski definition) is 3. The van der Waals surface area contributed by atoms with Gasteiger partial charge in [-0.2, -0.15) is 0 Å². The summed E-state index contributed by atoms with van der Waals surface area (Å²) in [6.45, 7) is 4.63. The van der Waals surface area contributed by atoms with Crippen molar-refractivity contribution in [2.75, 3.05) is 19.6 Å². The zero-order valence-corrected chi connectivity index (χ0v) is 13.3. The fraction of sp³-hybridized carbons (Fsp3) is 0.368. The maximum absolute atomic E-state index is 6.17. The highest BCUT2D eigenvalue weighted by atomic mass is 15.4. The Bertz CT molecular complexity index is 643. The van der Waals surface area contributed by atoms with Crippen molar-refractivity contribution in [1.82, 2.24) is 5.01 Å². The maximum Gasteiger partial charge on any atom is 0.0137 e. The Morgan fingerprint density at radius 3 is 2.27 bits per heavy atom. The number of benzene rings is 2. The number of piperidine rings is 1. The molecule has 3 rings (SSSR count). The third-order valence-corrected chi connectivity index (χ3v) is 4.97. The summed E-state index contributed by atoms with van der Waals surface area (Å²) in [6, 6.07) is 17.5. The summed E-state index contributed by atoms with van der Waals surface area (Å²) in [7, 11) is 0. The van der Waals surface area contributed by atoms with E-state index < -0.39 is 0 Å². The third kappa shape index (κ3) is 2.93. The van der Waals surface area contributed by atoms with Gasteiger partial charge in [-0.05, 0) is 36.5 Å². The Labute approximate surface area is 132 Å². The van der Waals surface area contributed by atoms with E-state index in [9.17, 15) is 0 Å². The van der Waals surface area contributed by atoms with E-state index in [1.165, 1.54) is 22.3 Å². The van der Waals surface area contributed by atoms with Gasteiger partial charge in [0.2, 0.25) is 0 Å². The normalized spacial score (nSPS) is 18.3. The zero-order chi connectivity index (χ0) is 15.6. The minimum atomic E-state index is 0.0652. The van der Waals surface area contributed by atoms with Crippen molar-refractivity contribution in [2.45, 2.75) is 25.2 Å². The Morgan fingerprint density at radius 1 is 1.00 bits per heavy atom. The van der Waals surface area contributed by atoms with Crippen LogP contribution in [0.3, 0.4) is 0 Å². The third-order valence-electron chi connectivity index (χ3n) is 4.97. The van der Waals surface area contributed by atoms with Gasteiger partial charge in [0.25, 0.3) is 0 Å². The van der Waals surface area contributed by atoms with Crippen LogP contribution in [-0.4, -0.2) is 24.6 Å². The predicted molar refractivity (Wildman–Crippen MR) is 92.3 cm³/mol. The fourth-order valence-corrected chi connectivity index (χ4v) is 3.42. The molecule has 22 heavy (non-hydrogen) atoms. The second-order valence-corrected chi connectivity index (χ2v) is 6.47. The average Bonchev–Trinajstić information content (AvgIpc) is 2.56. The number of rotatable bonds is 3. The lowest BCUT2D eigenvalue weighted by Gasteiger charge is -2.40. The first-order valence-corrected chi connectivity index (χ1v) is 8.00. The molecule has 1 saturated heterocycles. The molecule has 4 N–H and O–H groups in total. The van der Waals surface area contributed by atoms with E-state index >= 15 is 0 Å². The van der Waals surface area contributed by atoms with Crippen LogP contribution in [0, 0.1) is 6.92 Å². The second-order valence-electron chi connectivity index (χ2n) is 6.47. The van der Waals surface area contributed by atoms with E-state index in [1.807, 2.05) is 5.01 Å². The highest BCUT2D eigenvalue weighted by Crippen LogP contribution is 2.35. The number of hydrogen-bond donors (Lipinski definition) is 2. The second kappa shape index (κ2) is 6.21. The molecule has 2 aromatic rings. The summed E-state index contributed by atoms with van der Waals surface area (Å²) < 4.78 is 0. The lowest BCUT2D eigenvalue weighted by atomic mass is 9.72. The lowest BCUT2D eigenvalue weighted by molar-refractivity contribution is 0.165. The Kier molecular flexibility index (Phi) is 4.30. The number of nitrogens with two attached hydrogens (primary N) is 2. The standard InChI is InChI=1S/C19H25N3/c1-15-4-2-5-16(12-15)17-6-3-7-18(13-17)19(14-20)8-10-22(21)11-9-19/h2-7,12-13H,8-11,14,20-21H2,1H3. The first-order chi connectivity index (χ1) is 10.6. The van der Waals surface area contributed by atoms with Crippen molar-refractivity contribution < 1.29 is 0 Å². The quantitative estimate of drug-likeness (QED) is 0.856. The molecule has 0 bridgehead atoms. The van der Waals surface area contributed by atoms with Gasteiger partial charge in [-0.3, -0.25) is 5.84 Å². The van der Waals surface area contributed by atoms with Gasteiger partial charge in [-0.15, -0.1) is 0 Å². The summed E-state index contributed by atoms with van der Waals surface area (Å²) in [5.41, 5.74) is 11.4. The average molecular weight is 295 g/mol. The summed E-state index contributed by atoms with van der Waals surface area (Å²) in [6.07, 6.45) is 2.05. The molecule has 0 unspecified atom stereocenters. The van der Waals surface area contributed by atoms with E-state index in [0.29, 0.717) is 6.54 Å². The van der Waals surface area contributed by atoms with Gasteiger partial charge in [0, 0.05) is 25.0 Å². The smallest absolute Gasteiger partial charge is 0.0137 e. The van der Waals surface area contributed by atoms with Crippen LogP contribution in [-0.2, 0) is 5.41 Å². The summed E-state index contributed by atoms with van der Waals surface area (Å²) in [5, 5.41) is 1.90. The first kappa shape index (κ1) is 15.2. The molecule has 0 spiro atoms. The number of nitrogens with zero attached hydrogens (tertiary/aromatic N) is 1. The van der Waals surface area contributed by atoms with Crippen LogP contribution in [0.2, 0.25) is 0 Å². The van der Waals surface area contributed by atoms with Crippen molar-refractivity contribution in [2.24, 2.45) is 11.6 Å². The van der Waals surface area contributed by atoms with Crippen LogP contribution in [0.1, 0.15) is 24.0 Å². The van der Waals surface area contributed by atoms with Gasteiger partial charge in [0.1, 0.15) is 0 Å². The van der Waals surface area contributed by atoms with Gasteiger partial charge in [0.15, 0.2) is 0 Å². The first-order valence-electron chi connectivity index (χ1n) is 8.00. The maximum atomic E-state index is 6.17. The van der Waals surface area contributed by atoms with Crippen LogP contribution in [0.25, 0.3) is 11.1 Å². The Hall–Kier alpha value is -1.68. The van der Waals surface area contributed by atoms with Crippen molar-refractivity contribution in [3.05, 3.63) is 59.7 Å². The molecule has 1 aliphatic heterocycles. The van der Waals surface area contributed by atoms with Crippen LogP contribution in [0.15, 0.2) is 48.5 Å². The molecule has 1 fully saturated rings. The Balaban J connectivity index is 1.96. The minimum Gasteiger partial charge on any atom is -0.330 e. The molecule has 0 atom stereocenters. The van der Waals surface area contributed by atoms with Gasteiger partial charge in [-0.25, -0.2) is 5.01 Å². The molecule has 0 saturated carbocycles. The molecule has 2 aromatic carbocycles. The van der Waals surface area contributed by atoms with Gasteiger partial charge < -0.3 is 5.73 Å². The molecule has 0 aromatic heterocycles. The van der Waals surface area contributed by atoms with Crippen molar-refractivity contribution >= 4 is 0 Å². The molecule has 0 aliphatic carbocycles. The molecule has 1 heterocycles. The van der Waals surface area contributed by atoms with E-state index in [1.54, 1.807) is 0 Å². The minimum absolute atomic E-state index is 0.0652. The van der Waals surface area contributed by atoms with Gasteiger partial charge in [0.05, 0.1) is 0 Å². The molecule has 0 amide bonds. The van der Waals surface area contributed by atoms with Gasteiger partial charge >= 0.3 is 0 Å². The fourth-order valence-electron chi connectivity index (χ4n) is 3.42. The largest absolute Gasteiger partial charge is 0.330 e. The number of aryl methyl sites for hydroxylation is 1. The highest BCUT2D eigenvalue weighted by Gasteiger charge is 2.34. The molecule has 1 aliphatic rings. The summed E-state index contributed by atoms with van der Waals surface area (Å²) in [4.78, 5) is 0. The SMILES string of the molecule is Cc1cccc(-c2cccc(C3(CN)CCN(N)CC3)c2)c1. The molecule has 3 nitrogen and oxygen atoms in total.